The summed E-state index contributed by atoms with van der Waals surface area (Å²) < 4.78 is 1.08. The van der Waals surface area contributed by atoms with Crippen molar-refractivity contribution in [1.29, 1.82) is 0 Å². The topological polar surface area (TPSA) is 63.6 Å². The third kappa shape index (κ3) is 3.87. The Morgan fingerprint density at radius 1 is 1.14 bits per heavy atom. The van der Waals surface area contributed by atoms with Gasteiger partial charge in [0.15, 0.2) is 11.6 Å². The van der Waals surface area contributed by atoms with Crippen LogP contribution in [-0.2, 0) is 0 Å². The molecule has 0 radical (unpaired) electrons. The molecule has 2 heterocycles. The molecule has 0 amide bonds. The number of hydrogen-bond acceptors (Lipinski definition) is 5. The highest BCUT2D eigenvalue weighted by molar-refractivity contribution is 14.1. The number of hydrogen-bond donors (Lipinski definition) is 1. The first kappa shape index (κ1) is 16.1. The molecule has 0 unspecified atom stereocenters. The van der Waals surface area contributed by atoms with Gasteiger partial charge in [-0.3, -0.25) is 0 Å². The van der Waals surface area contributed by atoms with E-state index in [1.54, 1.807) is 12.4 Å². The van der Waals surface area contributed by atoms with Gasteiger partial charge < -0.3 is 5.32 Å². The summed E-state index contributed by atoms with van der Waals surface area (Å²) in [5.41, 5.74) is 2.06. The fourth-order valence-corrected chi connectivity index (χ4v) is 2.87. The van der Waals surface area contributed by atoms with Gasteiger partial charge in [-0.15, -0.1) is 0 Å². The zero-order chi connectivity index (χ0) is 15.4. The molecule has 0 spiro atoms. The lowest BCUT2D eigenvalue weighted by Gasteiger charge is -2.14. The van der Waals surface area contributed by atoms with Gasteiger partial charge in [0.05, 0.1) is 9.26 Å². The maximum atomic E-state index is 4.66. The number of nitrogens with one attached hydrogen (secondary N) is 1. The minimum atomic E-state index is 0.325. The van der Waals surface area contributed by atoms with Gasteiger partial charge in [0.25, 0.3) is 0 Å². The molecule has 2 rings (SSSR count). The molecule has 1 N–H and O–H groups in total. The van der Waals surface area contributed by atoms with Crippen LogP contribution in [0.3, 0.4) is 0 Å². The Morgan fingerprint density at radius 2 is 1.81 bits per heavy atom. The van der Waals surface area contributed by atoms with Gasteiger partial charge in [-0.1, -0.05) is 20.8 Å². The van der Waals surface area contributed by atoms with E-state index in [2.05, 4.69) is 68.6 Å². The van der Waals surface area contributed by atoms with Crippen molar-refractivity contribution in [1.82, 2.24) is 19.9 Å². The van der Waals surface area contributed by atoms with E-state index in [0.717, 1.165) is 33.6 Å². The van der Waals surface area contributed by atoms with Crippen LogP contribution in [0.1, 0.15) is 44.4 Å². The molecule has 0 aliphatic carbocycles. The number of aromatic nitrogens is 4. The van der Waals surface area contributed by atoms with Crippen molar-refractivity contribution in [3.05, 3.63) is 27.2 Å². The van der Waals surface area contributed by atoms with Crippen LogP contribution in [0.25, 0.3) is 11.6 Å². The molecule has 0 fully saturated rings. The van der Waals surface area contributed by atoms with E-state index < -0.39 is 0 Å². The second kappa shape index (κ2) is 7.11. The first-order chi connectivity index (χ1) is 10.0. The molecule has 2 aromatic rings. The monoisotopic (exact) mass is 397 g/mol. The summed E-state index contributed by atoms with van der Waals surface area (Å²) in [5, 5.41) is 3.37. The molecule has 0 bridgehead atoms. The van der Waals surface area contributed by atoms with Crippen LogP contribution in [0.5, 0.6) is 0 Å². The molecule has 2 aromatic heterocycles. The molecule has 6 heteroatoms. The summed E-state index contributed by atoms with van der Waals surface area (Å²) in [5.74, 6) is 2.35. The molecular formula is C15H20IN5. The summed E-state index contributed by atoms with van der Waals surface area (Å²) in [4.78, 5) is 17.9. The zero-order valence-corrected chi connectivity index (χ0v) is 15.0. The van der Waals surface area contributed by atoms with Crippen molar-refractivity contribution < 1.29 is 0 Å². The number of nitrogens with zero attached hydrogens (tertiary/aromatic N) is 4. The van der Waals surface area contributed by atoms with Gasteiger partial charge in [-0.2, -0.15) is 0 Å². The van der Waals surface area contributed by atoms with Crippen LogP contribution < -0.4 is 5.32 Å². The van der Waals surface area contributed by atoms with E-state index in [9.17, 15) is 0 Å². The maximum absolute atomic E-state index is 4.66. The van der Waals surface area contributed by atoms with Crippen LogP contribution >= 0.6 is 22.6 Å². The van der Waals surface area contributed by atoms with Gasteiger partial charge in [0, 0.05) is 18.9 Å². The quantitative estimate of drug-likeness (QED) is 0.778. The Kier molecular flexibility index (Phi) is 5.44. The summed E-state index contributed by atoms with van der Waals surface area (Å²) in [6.45, 7) is 9.25. The van der Waals surface area contributed by atoms with Crippen molar-refractivity contribution >= 4 is 28.4 Å². The molecule has 0 aliphatic rings. The standard InChI is InChI=1S/C15H20IN5/c1-5-6-17-13-11(16)12(9(2)3)20-15(21-13)14-18-7-10(4)8-19-14/h7-9H,5-6H2,1-4H3,(H,17,20,21). The molecule has 0 atom stereocenters. The van der Waals surface area contributed by atoms with Crippen molar-refractivity contribution in [2.24, 2.45) is 0 Å². The number of rotatable bonds is 5. The number of aryl methyl sites for hydroxylation is 1. The lowest BCUT2D eigenvalue weighted by Crippen LogP contribution is -2.10. The fourth-order valence-electron chi connectivity index (χ4n) is 1.82. The van der Waals surface area contributed by atoms with E-state index in [-0.39, 0.29) is 0 Å². The maximum Gasteiger partial charge on any atom is 0.200 e. The average molecular weight is 397 g/mol. The second-order valence-electron chi connectivity index (χ2n) is 5.26. The fraction of sp³-hybridized carbons (Fsp3) is 0.467. The third-order valence-electron chi connectivity index (χ3n) is 2.95. The summed E-state index contributed by atoms with van der Waals surface area (Å²) >= 11 is 2.31. The Labute approximate surface area is 139 Å². The summed E-state index contributed by atoms with van der Waals surface area (Å²) in [6.07, 6.45) is 4.63. The third-order valence-corrected chi connectivity index (χ3v) is 4.01. The molecule has 0 saturated carbocycles. The van der Waals surface area contributed by atoms with Gasteiger partial charge in [-0.25, -0.2) is 19.9 Å². The molecule has 0 saturated heterocycles. The van der Waals surface area contributed by atoms with Gasteiger partial charge in [0.2, 0.25) is 0 Å². The first-order valence-electron chi connectivity index (χ1n) is 7.13. The Bertz CT molecular complexity index is 610. The summed E-state index contributed by atoms with van der Waals surface area (Å²) in [6, 6.07) is 0. The molecule has 112 valence electrons. The molecule has 0 aliphatic heterocycles. The highest BCUT2D eigenvalue weighted by Gasteiger charge is 2.16. The van der Waals surface area contributed by atoms with Gasteiger partial charge in [-0.05, 0) is 47.4 Å². The molecule has 21 heavy (non-hydrogen) atoms. The second-order valence-corrected chi connectivity index (χ2v) is 6.34. The van der Waals surface area contributed by atoms with Crippen molar-refractivity contribution in [3.63, 3.8) is 0 Å². The largest absolute Gasteiger partial charge is 0.369 e. The van der Waals surface area contributed by atoms with Crippen LogP contribution in [0.2, 0.25) is 0 Å². The predicted molar refractivity (Wildman–Crippen MR) is 93.4 cm³/mol. The predicted octanol–water partition coefficient (Wildman–Crippen LogP) is 3.79. The Morgan fingerprint density at radius 3 is 2.38 bits per heavy atom. The van der Waals surface area contributed by atoms with Crippen LogP contribution in [0.15, 0.2) is 12.4 Å². The summed E-state index contributed by atoms with van der Waals surface area (Å²) in [7, 11) is 0. The molecule has 0 aromatic carbocycles. The van der Waals surface area contributed by atoms with E-state index >= 15 is 0 Å². The lowest BCUT2D eigenvalue weighted by molar-refractivity contribution is 0.804. The minimum absolute atomic E-state index is 0.325. The molecule has 5 nitrogen and oxygen atoms in total. The van der Waals surface area contributed by atoms with Crippen LogP contribution in [0, 0.1) is 10.5 Å². The SMILES string of the molecule is CCCNc1nc(-c2ncc(C)cn2)nc(C(C)C)c1I. The van der Waals surface area contributed by atoms with Gasteiger partial charge >= 0.3 is 0 Å². The Balaban J connectivity index is 2.50. The van der Waals surface area contributed by atoms with Crippen LogP contribution in [0.4, 0.5) is 5.82 Å². The van der Waals surface area contributed by atoms with E-state index in [0.29, 0.717) is 17.6 Å². The highest BCUT2D eigenvalue weighted by Crippen LogP contribution is 2.27. The minimum Gasteiger partial charge on any atom is -0.369 e. The number of halogens is 1. The lowest BCUT2D eigenvalue weighted by atomic mass is 10.1. The normalized spacial score (nSPS) is 11.0. The number of anilines is 1. The van der Waals surface area contributed by atoms with E-state index in [1.165, 1.54) is 0 Å². The van der Waals surface area contributed by atoms with Crippen molar-refractivity contribution in [2.45, 2.75) is 40.0 Å². The van der Waals surface area contributed by atoms with E-state index in [4.69, 9.17) is 0 Å². The first-order valence-corrected chi connectivity index (χ1v) is 8.21. The highest BCUT2D eigenvalue weighted by atomic mass is 127. The van der Waals surface area contributed by atoms with Gasteiger partial charge in [0.1, 0.15) is 5.82 Å². The van der Waals surface area contributed by atoms with Crippen molar-refractivity contribution in [2.75, 3.05) is 11.9 Å². The average Bonchev–Trinajstić information content (AvgIpc) is 2.47. The van der Waals surface area contributed by atoms with Crippen molar-refractivity contribution in [3.8, 4) is 11.6 Å². The zero-order valence-electron chi connectivity index (χ0n) is 12.8. The van der Waals surface area contributed by atoms with E-state index in [1.807, 2.05) is 6.92 Å². The smallest absolute Gasteiger partial charge is 0.200 e. The molecular weight excluding hydrogens is 377 g/mol. The van der Waals surface area contributed by atoms with Crippen LogP contribution in [-0.4, -0.2) is 26.5 Å². The Hall–Kier alpha value is -1.31.